The Bertz CT molecular complexity index is 1010. The fourth-order valence-electron chi connectivity index (χ4n) is 4.35. The number of imidazole rings is 1. The molecule has 5 rings (SSSR count). The second-order valence-corrected chi connectivity index (χ2v) is 8.53. The molecule has 3 atom stereocenters. The van der Waals surface area contributed by atoms with Crippen LogP contribution in [0.15, 0.2) is 29.0 Å². The molecule has 2 aromatic heterocycles. The van der Waals surface area contributed by atoms with Gasteiger partial charge in [-0.05, 0) is 18.6 Å². The van der Waals surface area contributed by atoms with E-state index in [1.165, 1.54) is 0 Å². The van der Waals surface area contributed by atoms with Crippen molar-refractivity contribution in [1.29, 1.82) is 0 Å². The average Bonchev–Trinajstić information content (AvgIpc) is 3.43. The van der Waals surface area contributed by atoms with E-state index < -0.39 is 6.04 Å². The molecule has 0 saturated carbocycles. The van der Waals surface area contributed by atoms with Crippen LogP contribution in [0.5, 0.6) is 0 Å². The predicted molar refractivity (Wildman–Crippen MR) is 105 cm³/mol. The average molecular weight is 462 g/mol. The van der Waals surface area contributed by atoms with Crippen LogP contribution in [0.25, 0.3) is 5.65 Å². The van der Waals surface area contributed by atoms with Crippen molar-refractivity contribution in [2.24, 2.45) is 0 Å². The Labute approximate surface area is 175 Å². The molecule has 152 valence electrons. The zero-order chi connectivity index (χ0) is 20.1. The van der Waals surface area contributed by atoms with Crippen LogP contribution < -0.4 is 5.32 Å². The summed E-state index contributed by atoms with van der Waals surface area (Å²) >= 11 is 3.41. The van der Waals surface area contributed by atoms with E-state index in [-0.39, 0.29) is 29.9 Å². The number of carbonyl (C=O) groups is 3. The van der Waals surface area contributed by atoms with Crippen LogP contribution in [0, 0.1) is 0 Å². The SMILES string of the molecule is O=C1CC[C@H](C(=O)N2CCO[C@@H]3CN(C(=O)c4cn5ccc(Br)cc5n4)C[C@H]32)N1. The number of morpholine rings is 1. The van der Waals surface area contributed by atoms with Gasteiger partial charge < -0.3 is 24.3 Å². The monoisotopic (exact) mass is 461 g/mol. The summed E-state index contributed by atoms with van der Waals surface area (Å²) in [6.45, 7) is 1.71. The topological polar surface area (TPSA) is 96.2 Å². The van der Waals surface area contributed by atoms with Gasteiger partial charge in [-0.3, -0.25) is 14.4 Å². The highest BCUT2D eigenvalue weighted by atomic mass is 79.9. The molecule has 0 unspecified atom stereocenters. The van der Waals surface area contributed by atoms with E-state index in [0.717, 1.165) is 4.47 Å². The van der Waals surface area contributed by atoms with E-state index in [2.05, 4.69) is 26.2 Å². The second-order valence-electron chi connectivity index (χ2n) is 7.61. The van der Waals surface area contributed by atoms with Gasteiger partial charge in [-0.25, -0.2) is 4.98 Å². The molecule has 10 heteroatoms. The number of ether oxygens (including phenoxy) is 1. The first-order chi connectivity index (χ1) is 14.0. The first kappa shape index (κ1) is 18.6. The number of pyridine rings is 1. The van der Waals surface area contributed by atoms with Crippen molar-refractivity contribution in [3.8, 4) is 0 Å². The molecule has 1 N–H and O–H groups in total. The molecule has 3 amide bonds. The summed E-state index contributed by atoms with van der Waals surface area (Å²) in [6.07, 6.45) is 4.23. The minimum Gasteiger partial charge on any atom is -0.372 e. The van der Waals surface area contributed by atoms with Gasteiger partial charge in [0.25, 0.3) is 5.91 Å². The summed E-state index contributed by atoms with van der Waals surface area (Å²) in [4.78, 5) is 45.4. The summed E-state index contributed by atoms with van der Waals surface area (Å²) in [7, 11) is 0. The highest BCUT2D eigenvalue weighted by Gasteiger charge is 2.46. The van der Waals surface area contributed by atoms with Gasteiger partial charge in [-0.2, -0.15) is 0 Å². The number of hydrogen-bond acceptors (Lipinski definition) is 5. The van der Waals surface area contributed by atoms with E-state index in [0.29, 0.717) is 50.4 Å². The van der Waals surface area contributed by atoms with Crippen molar-refractivity contribution in [3.05, 3.63) is 34.7 Å². The van der Waals surface area contributed by atoms with E-state index in [9.17, 15) is 14.4 Å². The Morgan fingerprint density at radius 1 is 1.31 bits per heavy atom. The number of rotatable bonds is 2. The van der Waals surface area contributed by atoms with Gasteiger partial charge in [-0.15, -0.1) is 0 Å². The van der Waals surface area contributed by atoms with Crippen molar-refractivity contribution in [3.63, 3.8) is 0 Å². The third kappa shape index (κ3) is 3.29. The minimum atomic E-state index is -0.470. The summed E-state index contributed by atoms with van der Waals surface area (Å²) in [5.41, 5.74) is 1.05. The molecule has 3 aliphatic heterocycles. The zero-order valence-corrected chi connectivity index (χ0v) is 17.2. The molecule has 0 aliphatic carbocycles. The van der Waals surface area contributed by atoms with Crippen molar-refractivity contribution in [1.82, 2.24) is 24.5 Å². The molecule has 0 radical (unpaired) electrons. The molecule has 9 nitrogen and oxygen atoms in total. The fraction of sp³-hybridized carbons (Fsp3) is 0.474. The number of likely N-dealkylation sites (tertiary alicyclic amines) is 1. The normalized spacial score (nSPS) is 26.7. The van der Waals surface area contributed by atoms with E-state index >= 15 is 0 Å². The first-order valence-electron chi connectivity index (χ1n) is 9.64. The van der Waals surface area contributed by atoms with E-state index in [1.807, 2.05) is 18.3 Å². The molecule has 2 aromatic rings. The molecule has 3 saturated heterocycles. The van der Waals surface area contributed by atoms with E-state index in [4.69, 9.17) is 4.74 Å². The summed E-state index contributed by atoms with van der Waals surface area (Å²) < 4.78 is 8.54. The smallest absolute Gasteiger partial charge is 0.274 e. The van der Waals surface area contributed by atoms with Crippen LogP contribution in [0.4, 0.5) is 0 Å². The van der Waals surface area contributed by atoms with Crippen LogP contribution in [0.1, 0.15) is 23.3 Å². The van der Waals surface area contributed by atoms with Gasteiger partial charge in [0.15, 0.2) is 0 Å². The number of fused-ring (bicyclic) bond motifs is 2. The molecule has 0 spiro atoms. The Hall–Kier alpha value is -2.46. The molecule has 0 aromatic carbocycles. The highest BCUT2D eigenvalue weighted by molar-refractivity contribution is 9.10. The molecule has 3 aliphatic rings. The van der Waals surface area contributed by atoms with Crippen LogP contribution in [0.2, 0.25) is 0 Å². The number of amides is 3. The van der Waals surface area contributed by atoms with Crippen LogP contribution in [0.3, 0.4) is 0 Å². The summed E-state index contributed by atoms with van der Waals surface area (Å²) in [5.74, 6) is -0.347. The largest absolute Gasteiger partial charge is 0.372 e. The molecule has 5 heterocycles. The second kappa shape index (κ2) is 7.10. The lowest BCUT2D eigenvalue weighted by atomic mass is 10.1. The fourth-order valence-corrected chi connectivity index (χ4v) is 4.67. The predicted octanol–water partition coefficient (Wildman–Crippen LogP) is 0.427. The number of nitrogens with zero attached hydrogens (tertiary/aromatic N) is 4. The van der Waals surface area contributed by atoms with Gasteiger partial charge in [-0.1, -0.05) is 15.9 Å². The number of hydrogen-bond donors (Lipinski definition) is 1. The van der Waals surface area contributed by atoms with E-state index in [1.54, 1.807) is 20.4 Å². The Morgan fingerprint density at radius 2 is 2.17 bits per heavy atom. The number of halogens is 1. The van der Waals surface area contributed by atoms with Gasteiger partial charge in [0, 0.05) is 42.9 Å². The molecular formula is C19H20BrN5O4. The van der Waals surface area contributed by atoms with Gasteiger partial charge in [0.05, 0.1) is 18.8 Å². The third-order valence-electron chi connectivity index (χ3n) is 5.81. The Balaban J connectivity index is 1.33. The lowest BCUT2D eigenvalue weighted by Gasteiger charge is -2.38. The zero-order valence-electron chi connectivity index (χ0n) is 15.6. The minimum absolute atomic E-state index is 0.0824. The maximum atomic E-state index is 13.0. The van der Waals surface area contributed by atoms with Gasteiger partial charge >= 0.3 is 0 Å². The maximum absolute atomic E-state index is 13.0. The quantitative estimate of drug-likeness (QED) is 0.699. The Kier molecular flexibility index (Phi) is 4.54. The first-order valence-corrected chi connectivity index (χ1v) is 10.4. The number of carbonyl (C=O) groups excluding carboxylic acids is 3. The van der Waals surface area contributed by atoms with Crippen molar-refractivity contribution in [2.45, 2.75) is 31.0 Å². The third-order valence-corrected chi connectivity index (χ3v) is 6.30. The van der Waals surface area contributed by atoms with Crippen molar-refractivity contribution in [2.75, 3.05) is 26.2 Å². The van der Waals surface area contributed by atoms with Crippen molar-refractivity contribution >= 4 is 39.3 Å². The summed E-state index contributed by atoms with van der Waals surface area (Å²) in [5, 5.41) is 2.74. The Morgan fingerprint density at radius 3 is 2.97 bits per heavy atom. The number of nitrogens with one attached hydrogen (secondary N) is 1. The molecule has 29 heavy (non-hydrogen) atoms. The van der Waals surface area contributed by atoms with Crippen LogP contribution >= 0.6 is 15.9 Å². The maximum Gasteiger partial charge on any atom is 0.274 e. The van der Waals surface area contributed by atoms with Crippen LogP contribution in [-0.4, -0.2) is 81.3 Å². The lowest BCUT2D eigenvalue weighted by molar-refractivity contribution is -0.145. The van der Waals surface area contributed by atoms with Crippen molar-refractivity contribution < 1.29 is 19.1 Å². The molecule has 0 bridgehead atoms. The number of aromatic nitrogens is 2. The van der Waals surface area contributed by atoms with Gasteiger partial charge in [0.1, 0.15) is 17.4 Å². The van der Waals surface area contributed by atoms with Gasteiger partial charge in [0.2, 0.25) is 11.8 Å². The highest BCUT2D eigenvalue weighted by Crippen LogP contribution is 2.26. The van der Waals surface area contributed by atoms with Crippen LogP contribution in [-0.2, 0) is 14.3 Å². The standard InChI is InChI=1S/C19H20BrN5O4/c20-11-3-4-23-8-13(21-16(23)7-11)18(27)24-9-14-15(10-24)29-6-5-25(14)19(28)12-1-2-17(26)22-12/h3-4,7-8,12,14-15H,1-2,5-6,9-10H2,(H,22,26)/t12-,14-,15-/m1/s1. The molecular weight excluding hydrogens is 442 g/mol. The lowest BCUT2D eigenvalue weighted by Crippen LogP contribution is -2.57. The summed E-state index contributed by atoms with van der Waals surface area (Å²) in [6, 6.07) is 3.05. The molecule has 3 fully saturated rings.